The number of rotatable bonds is 1. The van der Waals surface area contributed by atoms with Gasteiger partial charge in [-0.1, -0.05) is 6.07 Å². The molecular weight excluding hydrogens is 266 g/mol. The molecule has 1 atom stereocenters. The molecule has 4 rings (SSSR count). The van der Waals surface area contributed by atoms with Crippen molar-refractivity contribution in [3.63, 3.8) is 0 Å². The van der Waals surface area contributed by atoms with Gasteiger partial charge >= 0.3 is 0 Å². The first-order valence-electron chi connectivity index (χ1n) is 6.99. The van der Waals surface area contributed by atoms with Crippen LogP contribution in [0.5, 0.6) is 0 Å². The summed E-state index contributed by atoms with van der Waals surface area (Å²) in [4.78, 5) is 16.0. The number of pyridine rings is 1. The quantitative estimate of drug-likeness (QED) is 0.740. The number of fused-ring (bicyclic) bond motifs is 3. The molecule has 1 aromatic carbocycles. The van der Waals surface area contributed by atoms with Gasteiger partial charge in [0.2, 0.25) is 5.56 Å². The van der Waals surface area contributed by atoms with Crippen LogP contribution in [-0.4, -0.2) is 19.2 Å². The maximum Gasteiger partial charge on any atom is 0.250 e. The molecule has 0 radical (unpaired) electrons. The second-order valence-electron chi connectivity index (χ2n) is 5.50. The highest BCUT2D eigenvalue weighted by molar-refractivity contribution is 5.82. The van der Waals surface area contributed by atoms with E-state index >= 15 is 0 Å². The number of imidazole rings is 1. The summed E-state index contributed by atoms with van der Waals surface area (Å²) in [6.45, 7) is 0.795. The lowest BCUT2D eigenvalue weighted by molar-refractivity contribution is 0.176. The number of aliphatic hydroxyl groups excluding tert-OH is 1. The summed E-state index contributed by atoms with van der Waals surface area (Å²) in [7, 11) is 1.75. The third kappa shape index (κ3) is 1.81. The molecule has 0 saturated carbocycles. The Morgan fingerprint density at radius 3 is 2.86 bits per heavy atom. The van der Waals surface area contributed by atoms with Crippen LogP contribution in [-0.2, 0) is 13.6 Å². The van der Waals surface area contributed by atoms with E-state index in [4.69, 9.17) is 0 Å². The van der Waals surface area contributed by atoms with E-state index in [2.05, 4.69) is 15.6 Å². The third-order valence-electron chi connectivity index (χ3n) is 4.12. The van der Waals surface area contributed by atoms with Gasteiger partial charge in [-0.3, -0.25) is 4.79 Å². The van der Waals surface area contributed by atoms with Crippen molar-refractivity contribution in [2.45, 2.75) is 19.1 Å². The highest BCUT2D eigenvalue weighted by atomic mass is 16.3. The topological polar surface area (TPSA) is 60.1 Å². The average molecular weight is 281 g/mol. The molecule has 21 heavy (non-hydrogen) atoms. The van der Waals surface area contributed by atoms with Crippen molar-refractivity contribution in [1.82, 2.24) is 14.1 Å². The van der Waals surface area contributed by atoms with Crippen LogP contribution in [0, 0.1) is 0 Å². The molecule has 106 valence electrons. The summed E-state index contributed by atoms with van der Waals surface area (Å²) in [5.74, 6) is 0.752. The van der Waals surface area contributed by atoms with Gasteiger partial charge in [0.25, 0.3) is 0 Å². The molecule has 0 amide bonds. The molecule has 3 aromatic rings. The van der Waals surface area contributed by atoms with E-state index in [0.717, 1.165) is 41.0 Å². The van der Waals surface area contributed by atoms with Crippen molar-refractivity contribution in [3.8, 4) is 11.1 Å². The highest BCUT2D eigenvalue weighted by Crippen LogP contribution is 2.31. The summed E-state index contributed by atoms with van der Waals surface area (Å²) in [6.07, 6.45) is 2.10. The second kappa shape index (κ2) is 4.30. The molecule has 5 nitrogen and oxygen atoms in total. The fraction of sp³-hybridized carbons (Fsp3) is 0.250. The van der Waals surface area contributed by atoms with Crippen molar-refractivity contribution in [1.29, 1.82) is 0 Å². The lowest BCUT2D eigenvalue weighted by Gasteiger charge is -2.05. The van der Waals surface area contributed by atoms with Gasteiger partial charge in [0, 0.05) is 25.9 Å². The third-order valence-corrected chi connectivity index (χ3v) is 4.12. The monoisotopic (exact) mass is 281 g/mol. The number of hydrogen-bond acceptors (Lipinski definition) is 3. The normalized spacial score (nSPS) is 17.3. The fourth-order valence-corrected chi connectivity index (χ4v) is 2.96. The van der Waals surface area contributed by atoms with Crippen molar-refractivity contribution in [2.24, 2.45) is 7.05 Å². The van der Waals surface area contributed by atoms with Crippen molar-refractivity contribution < 1.29 is 5.11 Å². The zero-order valence-electron chi connectivity index (χ0n) is 11.7. The van der Waals surface area contributed by atoms with Crippen molar-refractivity contribution in [2.75, 3.05) is 0 Å². The Hall–Kier alpha value is -2.40. The largest absolute Gasteiger partial charge is 0.385 e. The van der Waals surface area contributed by atoms with Gasteiger partial charge in [0.1, 0.15) is 11.9 Å². The number of hydrogen-bond donors (Lipinski definition) is 1. The summed E-state index contributed by atoms with van der Waals surface area (Å²) < 4.78 is 3.65. The number of benzene rings is 1. The predicted octanol–water partition coefficient (Wildman–Crippen LogP) is 1.84. The van der Waals surface area contributed by atoms with Gasteiger partial charge in [-0.05, 0) is 35.7 Å². The molecule has 0 bridgehead atoms. The highest BCUT2D eigenvalue weighted by Gasteiger charge is 2.24. The summed E-state index contributed by atoms with van der Waals surface area (Å²) in [6, 6.07) is 9.44. The Kier molecular flexibility index (Phi) is 2.53. The molecule has 3 heterocycles. The first-order valence-corrected chi connectivity index (χ1v) is 6.99. The van der Waals surface area contributed by atoms with Crippen LogP contribution in [0.2, 0.25) is 0 Å². The standard InChI is InChI=1S/C16H15N3O2/c1-18-9-11(3-5-15(18)21)10-2-4-12-13(8-10)19-7-6-14(20)16(19)17-12/h2-5,8-9,14,20H,6-7H2,1H3/t14-/m1/s1. The molecule has 0 spiro atoms. The van der Waals surface area contributed by atoms with Crippen LogP contribution in [0.3, 0.4) is 0 Å². The maximum absolute atomic E-state index is 11.5. The summed E-state index contributed by atoms with van der Waals surface area (Å²) in [5, 5.41) is 9.91. The van der Waals surface area contributed by atoms with E-state index in [-0.39, 0.29) is 5.56 Å². The smallest absolute Gasteiger partial charge is 0.250 e. The van der Waals surface area contributed by atoms with Gasteiger partial charge in [-0.25, -0.2) is 4.98 Å². The van der Waals surface area contributed by atoms with E-state index in [9.17, 15) is 9.90 Å². The molecule has 0 aliphatic carbocycles. The number of aryl methyl sites for hydroxylation is 2. The molecule has 0 unspecified atom stereocenters. The SMILES string of the molecule is Cn1cc(-c2ccc3nc4n(c3c2)CC[C@H]4O)ccc1=O. The van der Waals surface area contributed by atoms with E-state index in [1.165, 1.54) is 0 Å². The minimum atomic E-state index is -0.460. The van der Waals surface area contributed by atoms with Crippen LogP contribution in [0.4, 0.5) is 0 Å². The second-order valence-corrected chi connectivity index (χ2v) is 5.50. The van der Waals surface area contributed by atoms with Crippen molar-refractivity contribution in [3.05, 3.63) is 52.7 Å². The Bertz CT molecular complexity index is 908. The lowest BCUT2D eigenvalue weighted by atomic mass is 10.1. The Balaban J connectivity index is 1.90. The minimum absolute atomic E-state index is 0.0202. The van der Waals surface area contributed by atoms with Crippen LogP contribution in [0.25, 0.3) is 22.2 Å². The van der Waals surface area contributed by atoms with Gasteiger partial charge in [-0.2, -0.15) is 0 Å². The molecule has 1 N–H and O–H groups in total. The van der Waals surface area contributed by atoms with E-state index in [1.54, 1.807) is 17.7 Å². The van der Waals surface area contributed by atoms with Gasteiger partial charge in [-0.15, -0.1) is 0 Å². The molecule has 0 fully saturated rings. The van der Waals surface area contributed by atoms with E-state index < -0.39 is 6.10 Å². The average Bonchev–Trinajstić information content (AvgIpc) is 3.02. The Morgan fingerprint density at radius 1 is 1.24 bits per heavy atom. The lowest BCUT2D eigenvalue weighted by Crippen LogP contribution is -2.13. The summed E-state index contributed by atoms with van der Waals surface area (Å²) in [5.41, 5.74) is 3.95. The molecule has 5 heteroatoms. The molecule has 1 aliphatic rings. The minimum Gasteiger partial charge on any atom is -0.385 e. The Labute approximate surface area is 121 Å². The van der Waals surface area contributed by atoms with Gasteiger partial charge in [0.05, 0.1) is 11.0 Å². The number of aromatic nitrogens is 3. The molecule has 1 aliphatic heterocycles. The molecular formula is C16H15N3O2. The van der Waals surface area contributed by atoms with Crippen LogP contribution < -0.4 is 5.56 Å². The predicted molar refractivity (Wildman–Crippen MR) is 80.0 cm³/mol. The van der Waals surface area contributed by atoms with E-state index in [0.29, 0.717) is 0 Å². The number of nitrogens with zero attached hydrogens (tertiary/aromatic N) is 3. The first-order chi connectivity index (χ1) is 10.1. The fourth-order valence-electron chi connectivity index (χ4n) is 2.96. The van der Waals surface area contributed by atoms with Crippen LogP contribution in [0.1, 0.15) is 18.3 Å². The Morgan fingerprint density at radius 2 is 2.05 bits per heavy atom. The van der Waals surface area contributed by atoms with E-state index in [1.807, 2.05) is 24.4 Å². The van der Waals surface area contributed by atoms with Gasteiger partial charge in [0.15, 0.2) is 0 Å². The zero-order chi connectivity index (χ0) is 14.6. The van der Waals surface area contributed by atoms with Crippen LogP contribution >= 0.6 is 0 Å². The summed E-state index contributed by atoms with van der Waals surface area (Å²) >= 11 is 0. The first kappa shape index (κ1) is 12.3. The molecule has 0 saturated heterocycles. The van der Waals surface area contributed by atoms with Gasteiger partial charge < -0.3 is 14.2 Å². The zero-order valence-corrected chi connectivity index (χ0v) is 11.7. The molecule has 2 aromatic heterocycles. The van der Waals surface area contributed by atoms with Crippen molar-refractivity contribution >= 4 is 11.0 Å². The number of aliphatic hydroxyl groups is 1. The maximum atomic E-state index is 11.5. The van der Waals surface area contributed by atoms with Crippen LogP contribution in [0.15, 0.2) is 41.3 Å².